The molecule has 0 unspecified atom stereocenters. The molecule has 3 aromatic carbocycles. The largest absolute Gasteiger partial charge is 0.497 e. The molecule has 0 saturated heterocycles. The van der Waals surface area contributed by atoms with Gasteiger partial charge in [0.25, 0.3) is 5.91 Å². The van der Waals surface area contributed by atoms with Gasteiger partial charge in [0, 0.05) is 29.5 Å². The fourth-order valence-corrected chi connectivity index (χ4v) is 4.14. The van der Waals surface area contributed by atoms with Gasteiger partial charge in [-0.2, -0.15) is 0 Å². The molecule has 2 aromatic heterocycles. The number of hydrogen-bond acceptors (Lipinski definition) is 5. The Bertz CT molecular complexity index is 1700. The third kappa shape index (κ3) is 3.86. The minimum Gasteiger partial charge on any atom is -0.497 e. The molecule has 0 fully saturated rings. The maximum Gasteiger partial charge on any atom is 0.335 e. The molecule has 1 amide bonds. The van der Waals surface area contributed by atoms with Crippen molar-refractivity contribution in [1.29, 1.82) is 0 Å². The molecule has 5 rings (SSSR count). The van der Waals surface area contributed by atoms with Crippen LogP contribution in [-0.2, 0) is 0 Å². The second-order valence-electron chi connectivity index (χ2n) is 8.13. The summed E-state index contributed by atoms with van der Waals surface area (Å²) in [6.45, 7) is 1.35. The fourth-order valence-electron chi connectivity index (χ4n) is 4.14. The number of carbonyl (C=O) groups is 3. The zero-order chi connectivity index (χ0) is 25.6. The monoisotopic (exact) mass is 486 g/mol. The van der Waals surface area contributed by atoms with Crippen molar-refractivity contribution in [3.8, 4) is 16.9 Å². The molecule has 2 N–H and O–H groups in total. The predicted octanol–water partition coefficient (Wildman–Crippen LogP) is 5.81. The summed E-state index contributed by atoms with van der Waals surface area (Å²) >= 11 is 0. The molecule has 9 heteroatoms. The van der Waals surface area contributed by atoms with Crippen LogP contribution in [-0.4, -0.2) is 34.6 Å². The SMILES string of the molecule is COc1ccc2c(c1)c(C(=O)Nc1cc(C(=O)O)cc(-c3ccc4ccoc4c3)c1F)cn2C(C)=O. The second-order valence-corrected chi connectivity index (χ2v) is 8.13. The summed E-state index contributed by atoms with van der Waals surface area (Å²) in [5.74, 6) is -2.68. The second kappa shape index (κ2) is 8.70. The minimum absolute atomic E-state index is 0.0173. The number of carbonyl (C=O) groups excluding carboxylic acids is 2. The maximum atomic E-state index is 15.7. The van der Waals surface area contributed by atoms with Crippen LogP contribution in [0, 0.1) is 5.82 Å². The van der Waals surface area contributed by atoms with Crippen LogP contribution in [0.5, 0.6) is 5.75 Å². The summed E-state index contributed by atoms with van der Waals surface area (Å²) in [5.41, 5.74) is 0.903. The zero-order valence-corrected chi connectivity index (χ0v) is 19.2. The van der Waals surface area contributed by atoms with Crippen molar-refractivity contribution in [3.05, 3.63) is 84.0 Å². The first-order valence-electron chi connectivity index (χ1n) is 10.8. The highest BCUT2D eigenvalue weighted by Crippen LogP contribution is 2.33. The summed E-state index contributed by atoms with van der Waals surface area (Å²) in [6, 6.07) is 13.8. The predicted molar refractivity (Wildman–Crippen MR) is 131 cm³/mol. The van der Waals surface area contributed by atoms with E-state index < -0.39 is 17.7 Å². The van der Waals surface area contributed by atoms with Crippen LogP contribution < -0.4 is 10.1 Å². The van der Waals surface area contributed by atoms with Gasteiger partial charge in [0.15, 0.2) is 5.82 Å². The zero-order valence-electron chi connectivity index (χ0n) is 19.2. The smallest absolute Gasteiger partial charge is 0.335 e. The molecule has 0 aliphatic heterocycles. The number of carboxylic acid groups (broad SMARTS) is 1. The molecule has 0 spiro atoms. The number of carboxylic acids is 1. The van der Waals surface area contributed by atoms with Crippen molar-refractivity contribution in [2.24, 2.45) is 0 Å². The van der Waals surface area contributed by atoms with Crippen LogP contribution in [0.4, 0.5) is 10.1 Å². The van der Waals surface area contributed by atoms with E-state index in [1.165, 1.54) is 37.1 Å². The van der Waals surface area contributed by atoms with Crippen LogP contribution >= 0.6 is 0 Å². The van der Waals surface area contributed by atoms with E-state index in [0.29, 0.717) is 27.8 Å². The molecule has 0 aliphatic carbocycles. The molecule has 5 aromatic rings. The maximum absolute atomic E-state index is 15.7. The van der Waals surface area contributed by atoms with Crippen molar-refractivity contribution in [1.82, 2.24) is 4.57 Å². The van der Waals surface area contributed by atoms with E-state index in [1.54, 1.807) is 42.5 Å². The number of ether oxygens (including phenoxy) is 1. The Balaban J connectivity index is 1.61. The number of aromatic carboxylic acids is 1. The number of anilines is 1. The Labute approximate surface area is 203 Å². The van der Waals surface area contributed by atoms with Gasteiger partial charge >= 0.3 is 5.97 Å². The van der Waals surface area contributed by atoms with E-state index >= 15 is 4.39 Å². The average Bonchev–Trinajstić information content (AvgIpc) is 3.48. The first kappa shape index (κ1) is 22.9. The number of hydrogen-bond donors (Lipinski definition) is 2. The Morgan fingerprint density at radius 1 is 1.06 bits per heavy atom. The summed E-state index contributed by atoms with van der Waals surface area (Å²) in [6.07, 6.45) is 2.85. The standard InChI is InChI=1S/C27H19FN2O6/c1-14(31)30-13-21(20-12-18(35-2)5-6-23(20)30)26(32)29-22-10-17(27(33)34)9-19(25(22)28)16-4-3-15-7-8-36-24(15)11-16/h3-13H,1-2H3,(H,29,32)(H,33,34). The molecule has 2 heterocycles. The Kier molecular flexibility index (Phi) is 5.52. The average molecular weight is 486 g/mol. The van der Waals surface area contributed by atoms with E-state index in [-0.39, 0.29) is 28.3 Å². The normalized spacial score (nSPS) is 11.1. The van der Waals surface area contributed by atoms with Gasteiger partial charge in [0.1, 0.15) is 11.3 Å². The van der Waals surface area contributed by atoms with Crippen LogP contribution in [0.3, 0.4) is 0 Å². The number of nitrogens with zero attached hydrogens (tertiary/aromatic N) is 1. The highest BCUT2D eigenvalue weighted by atomic mass is 19.1. The molecule has 36 heavy (non-hydrogen) atoms. The van der Waals surface area contributed by atoms with Gasteiger partial charge in [-0.15, -0.1) is 0 Å². The van der Waals surface area contributed by atoms with Crippen molar-refractivity contribution < 1.29 is 33.0 Å². The lowest BCUT2D eigenvalue weighted by atomic mass is 10.00. The molecule has 0 atom stereocenters. The third-order valence-corrected chi connectivity index (χ3v) is 5.93. The van der Waals surface area contributed by atoms with E-state index in [4.69, 9.17) is 9.15 Å². The number of nitrogens with one attached hydrogen (secondary N) is 1. The Morgan fingerprint density at radius 3 is 2.58 bits per heavy atom. The highest BCUT2D eigenvalue weighted by Gasteiger charge is 2.22. The first-order chi connectivity index (χ1) is 17.3. The number of furan rings is 1. The molecule has 0 radical (unpaired) electrons. The van der Waals surface area contributed by atoms with Gasteiger partial charge in [0.2, 0.25) is 5.91 Å². The van der Waals surface area contributed by atoms with Crippen LogP contribution in [0.25, 0.3) is 33.0 Å². The van der Waals surface area contributed by atoms with Crippen molar-refractivity contribution in [2.45, 2.75) is 6.92 Å². The molecule has 0 bridgehead atoms. The molecule has 180 valence electrons. The fraction of sp³-hybridized carbons (Fsp3) is 0.0741. The van der Waals surface area contributed by atoms with Crippen LogP contribution in [0.1, 0.15) is 32.4 Å². The van der Waals surface area contributed by atoms with Crippen molar-refractivity contribution in [2.75, 3.05) is 12.4 Å². The quantitative estimate of drug-likeness (QED) is 0.324. The Morgan fingerprint density at radius 2 is 1.86 bits per heavy atom. The molecule has 0 aliphatic rings. The highest BCUT2D eigenvalue weighted by molar-refractivity contribution is 6.15. The molecular weight excluding hydrogens is 467 g/mol. The van der Waals surface area contributed by atoms with Gasteiger partial charge in [-0.1, -0.05) is 12.1 Å². The number of aromatic nitrogens is 1. The third-order valence-electron chi connectivity index (χ3n) is 5.93. The number of benzene rings is 3. The number of rotatable bonds is 5. The van der Waals surface area contributed by atoms with Crippen molar-refractivity contribution >= 4 is 45.3 Å². The van der Waals surface area contributed by atoms with E-state index in [2.05, 4.69) is 5.32 Å². The lowest BCUT2D eigenvalue weighted by molar-refractivity contribution is 0.0696. The molecular formula is C27H19FN2O6. The van der Waals surface area contributed by atoms with Gasteiger partial charge < -0.3 is 19.6 Å². The van der Waals surface area contributed by atoms with Crippen molar-refractivity contribution in [3.63, 3.8) is 0 Å². The number of halogens is 1. The summed E-state index contributed by atoms with van der Waals surface area (Å²) in [7, 11) is 1.47. The van der Waals surface area contributed by atoms with Crippen LogP contribution in [0.15, 0.2) is 71.5 Å². The van der Waals surface area contributed by atoms with Gasteiger partial charge in [0.05, 0.1) is 35.7 Å². The topological polar surface area (TPSA) is 111 Å². The van der Waals surface area contributed by atoms with E-state index in [1.807, 2.05) is 0 Å². The lowest BCUT2D eigenvalue weighted by Crippen LogP contribution is -2.14. The number of fused-ring (bicyclic) bond motifs is 2. The molecule has 0 saturated carbocycles. The van der Waals surface area contributed by atoms with E-state index in [0.717, 1.165) is 11.5 Å². The number of amides is 1. The summed E-state index contributed by atoms with van der Waals surface area (Å²) in [4.78, 5) is 37.2. The Hall–Kier alpha value is -4.92. The van der Waals surface area contributed by atoms with E-state index in [9.17, 15) is 19.5 Å². The van der Waals surface area contributed by atoms with Gasteiger partial charge in [-0.05, 0) is 48.0 Å². The number of methoxy groups -OCH3 is 1. The molecule has 8 nitrogen and oxygen atoms in total. The van der Waals surface area contributed by atoms with Gasteiger partial charge in [-0.25, -0.2) is 9.18 Å². The van der Waals surface area contributed by atoms with Crippen LogP contribution in [0.2, 0.25) is 0 Å². The van der Waals surface area contributed by atoms with Gasteiger partial charge in [-0.3, -0.25) is 14.2 Å². The lowest BCUT2D eigenvalue weighted by Gasteiger charge is -2.12. The summed E-state index contributed by atoms with van der Waals surface area (Å²) < 4.78 is 27.6. The minimum atomic E-state index is -1.29. The summed E-state index contributed by atoms with van der Waals surface area (Å²) in [5, 5.41) is 13.3. The first-order valence-corrected chi connectivity index (χ1v) is 10.8.